The molecule has 14 heteroatoms. The normalized spacial score (nSPS) is 13.2. The van der Waals surface area contributed by atoms with E-state index in [-0.39, 0.29) is 35.7 Å². The fraction of sp³-hybridized carbons (Fsp3) is 0.340. The number of nitrogens with zero attached hydrogens (tertiary/aromatic N) is 3. The SMILES string of the molecule is CNc1ccc(C(=O)NCCSSCCNC(=O)c2ccc3c(c2)C(C)(C)C(/C=C/c2ccc(N(C)CC(=O)O)cc2)=[N+]3C)cc1C(C)(C)C/C=C/c1ccc(N(C)CC(=O)O)cc1. The first-order valence-corrected chi connectivity index (χ1v) is 23.7. The van der Waals surface area contributed by atoms with E-state index in [0.717, 1.165) is 68.6 Å². The zero-order valence-corrected chi connectivity index (χ0v) is 39.7. The molecule has 0 aromatic heterocycles. The minimum Gasteiger partial charge on any atom is -0.480 e. The highest BCUT2D eigenvalue weighted by atomic mass is 33.1. The number of anilines is 3. The lowest BCUT2D eigenvalue weighted by Crippen LogP contribution is -2.28. The van der Waals surface area contributed by atoms with E-state index in [1.807, 2.05) is 99.0 Å². The molecule has 0 spiro atoms. The van der Waals surface area contributed by atoms with Gasteiger partial charge in [0.2, 0.25) is 5.69 Å². The maximum Gasteiger partial charge on any atom is 0.323 e. The summed E-state index contributed by atoms with van der Waals surface area (Å²) in [7, 11) is 10.7. The van der Waals surface area contributed by atoms with Gasteiger partial charge in [-0.15, -0.1) is 0 Å². The van der Waals surface area contributed by atoms with Gasteiger partial charge in [0.25, 0.3) is 11.8 Å². The number of fused-ring (bicyclic) bond motifs is 1. The number of rotatable bonds is 22. The third-order valence-electron chi connectivity index (χ3n) is 11.4. The Labute approximate surface area is 385 Å². The number of carboxylic acids is 2. The van der Waals surface area contributed by atoms with Crippen molar-refractivity contribution in [1.82, 2.24) is 10.6 Å². The number of allylic oxidation sites excluding steroid dienone is 2. The molecule has 4 aromatic carbocycles. The molecule has 12 nitrogen and oxygen atoms in total. The van der Waals surface area contributed by atoms with Crippen LogP contribution in [0.3, 0.4) is 0 Å². The summed E-state index contributed by atoms with van der Waals surface area (Å²) >= 11 is 0. The van der Waals surface area contributed by atoms with Gasteiger partial charge < -0.3 is 36.0 Å². The smallest absolute Gasteiger partial charge is 0.323 e. The molecule has 0 radical (unpaired) electrons. The molecule has 0 saturated carbocycles. The zero-order chi connectivity index (χ0) is 46.6. The van der Waals surface area contributed by atoms with Gasteiger partial charge in [-0.3, -0.25) is 19.2 Å². The predicted molar refractivity (Wildman–Crippen MR) is 266 cm³/mol. The van der Waals surface area contributed by atoms with Crippen molar-refractivity contribution in [3.63, 3.8) is 0 Å². The van der Waals surface area contributed by atoms with Crippen LogP contribution in [0.4, 0.5) is 22.7 Å². The summed E-state index contributed by atoms with van der Waals surface area (Å²) in [5, 5.41) is 27.6. The third kappa shape index (κ3) is 12.8. The molecule has 0 saturated heterocycles. The fourth-order valence-electron chi connectivity index (χ4n) is 7.72. The van der Waals surface area contributed by atoms with Crippen LogP contribution < -0.4 is 25.8 Å². The molecule has 1 aliphatic rings. The first-order valence-electron chi connectivity index (χ1n) is 21.2. The van der Waals surface area contributed by atoms with Crippen LogP contribution >= 0.6 is 21.6 Å². The molecular weight excluding hydrogens is 845 g/mol. The highest BCUT2D eigenvalue weighted by molar-refractivity contribution is 8.76. The Bertz CT molecular complexity index is 2380. The Hall–Kier alpha value is -5.99. The average molecular weight is 906 g/mol. The van der Waals surface area contributed by atoms with Gasteiger partial charge in [-0.2, -0.15) is 4.58 Å². The highest BCUT2D eigenvalue weighted by Crippen LogP contribution is 2.40. The van der Waals surface area contributed by atoms with Gasteiger partial charge in [0.15, 0.2) is 5.71 Å². The summed E-state index contributed by atoms with van der Waals surface area (Å²) in [6, 6.07) is 27.2. The van der Waals surface area contributed by atoms with Crippen molar-refractivity contribution < 1.29 is 34.0 Å². The van der Waals surface area contributed by atoms with Crippen molar-refractivity contribution in [3.8, 4) is 0 Å². The van der Waals surface area contributed by atoms with Crippen molar-refractivity contribution >= 4 is 86.0 Å². The number of hydrogen-bond acceptors (Lipinski definition) is 9. The molecule has 0 atom stereocenters. The summed E-state index contributed by atoms with van der Waals surface area (Å²) in [5.74, 6) is -0.559. The Morgan fingerprint density at radius 1 is 0.719 bits per heavy atom. The van der Waals surface area contributed by atoms with Crippen LogP contribution in [-0.4, -0.2) is 110 Å². The molecule has 5 N–H and O–H groups in total. The van der Waals surface area contributed by atoms with Crippen LogP contribution in [0.1, 0.15) is 77.1 Å². The van der Waals surface area contributed by atoms with Gasteiger partial charge in [-0.1, -0.05) is 71.9 Å². The van der Waals surface area contributed by atoms with Gasteiger partial charge in [0.1, 0.15) is 20.1 Å². The number of hydrogen-bond donors (Lipinski definition) is 5. The van der Waals surface area contributed by atoms with E-state index in [2.05, 4.69) is 72.5 Å². The van der Waals surface area contributed by atoms with Gasteiger partial charge in [-0.05, 0) is 103 Å². The minimum absolute atomic E-state index is 0.0640. The van der Waals surface area contributed by atoms with Crippen molar-refractivity contribution in [3.05, 3.63) is 130 Å². The van der Waals surface area contributed by atoms with E-state index in [1.54, 1.807) is 45.5 Å². The van der Waals surface area contributed by atoms with Crippen LogP contribution in [0.25, 0.3) is 12.2 Å². The minimum atomic E-state index is -0.877. The number of nitrogens with one attached hydrogen (secondary N) is 3. The van der Waals surface area contributed by atoms with Crippen molar-refractivity contribution in [2.45, 2.75) is 44.9 Å². The van der Waals surface area contributed by atoms with E-state index in [1.165, 1.54) is 0 Å². The molecule has 338 valence electrons. The molecule has 0 unspecified atom stereocenters. The summed E-state index contributed by atoms with van der Waals surface area (Å²) in [5.41, 5.74) is 9.54. The number of aliphatic carboxylic acids is 2. The van der Waals surface area contributed by atoms with Gasteiger partial charge in [-0.25, -0.2) is 0 Å². The van der Waals surface area contributed by atoms with Crippen LogP contribution in [0.15, 0.2) is 97.1 Å². The van der Waals surface area contributed by atoms with Crippen LogP contribution in [0.5, 0.6) is 0 Å². The topological polar surface area (TPSA) is 154 Å². The Kier molecular flexibility index (Phi) is 16.9. The van der Waals surface area contributed by atoms with E-state index in [9.17, 15) is 19.2 Å². The highest BCUT2D eigenvalue weighted by Gasteiger charge is 2.43. The first-order chi connectivity index (χ1) is 30.4. The summed E-state index contributed by atoms with van der Waals surface area (Å²) in [6.45, 7) is 9.53. The zero-order valence-electron chi connectivity index (χ0n) is 38.0. The predicted octanol–water partition coefficient (Wildman–Crippen LogP) is 8.41. The first kappa shape index (κ1) is 49.0. The second-order valence-electron chi connectivity index (χ2n) is 17.0. The molecule has 4 aromatic rings. The Morgan fingerprint density at radius 3 is 1.73 bits per heavy atom. The molecule has 5 rings (SSSR count). The maximum absolute atomic E-state index is 13.2. The van der Waals surface area contributed by atoms with E-state index in [4.69, 9.17) is 10.2 Å². The number of amides is 2. The van der Waals surface area contributed by atoms with E-state index < -0.39 is 11.9 Å². The Balaban J connectivity index is 1.04. The van der Waals surface area contributed by atoms with Crippen LogP contribution in [0.2, 0.25) is 0 Å². The maximum atomic E-state index is 13.2. The van der Waals surface area contributed by atoms with Crippen LogP contribution in [0, 0.1) is 0 Å². The molecule has 0 aliphatic carbocycles. The fourth-order valence-corrected chi connectivity index (χ4v) is 9.53. The largest absolute Gasteiger partial charge is 0.480 e. The summed E-state index contributed by atoms with van der Waals surface area (Å²) < 4.78 is 2.16. The lowest BCUT2D eigenvalue weighted by molar-refractivity contribution is -0.401. The van der Waals surface area contributed by atoms with Gasteiger partial charge >= 0.3 is 11.9 Å². The monoisotopic (exact) mass is 905 g/mol. The van der Waals surface area contributed by atoms with E-state index in [0.29, 0.717) is 24.2 Å². The molecule has 0 bridgehead atoms. The van der Waals surface area contributed by atoms with Crippen molar-refractivity contribution in [2.75, 3.05) is 81.0 Å². The number of carbonyl (C=O) groups excluding carboxylic acids is 2. The number of carbonyl (C=O) groups is 4. The second-order valence-corrected chi connectivity index (χ2v) is 19.7. The lowest BCUT2D eigenvalue weighted by atomic mass is 9.79. The van der Waals surface area contributed by atoms with Gasteiger partial charge in [0.05, 0.1) is 5.41 Å². The number of benzene rings is 4. The van der Waals surface area contributed by atoms with E-state index >= 15 is 0 Å². The molecule has 2 amide bonds. The lowest BCUT2D eigenvalue weighted by Gasteiger charge is -2.27. The average Bonchev–Trinajstić information content (AvgIpc) is 3.45. The van der Waals surface area contributed by atoms with Crippen molar-refractivity contribution in [1.29, 1.82) is 0 Å². The standard InChI is InChI=1S/C50H60N6O6S2/c1-49(2,25-9-10-34-11-18-38(19-12-34)54(6)32-45(57)58)40-30-36(16-22-42(40)51-5)47(61)52-26-28-63-64-29-27-53-48(62)37-17-23-43-41(31-37)50(3,4)44(56(43)8)24-15-35-13-20-39(21-14-35)55(7)33-46(59)60/h9-24,30-31H,25-29,32-33H2,1-8H3,(H4-,51,52,53,57,58,59,60,61,62)/p+1/b10-9+. The molecule has 1 heterocycles. The van der Waals surface area contributed by atoms with Crippen molar-refractivity contribution in [2.24, 2.45) is 0 Å². The summed E-state index contributed by atoms with van der Waals surface area (Å²) in [6.07, 6.45) is 9.08. The molecule has 0 fully saturated rings. The molecule has 64 heavy (non-hydrogen) atoms. The van der Waals surface area contributed by atoms with Crippen LogP contribution in [-0.2, 0) is 20.4 Å². The number of carboxylic acid groups (broad SMARTS) is 2. The quantitative estimate of drug-likeness (QED) is 0.0294. The summed E-state index contributed by atoms with van der Waals surface area (Å²) in [4.78, 5) is 52.0. The third-order valence-corrected chi connectivity index (χ3v) is 13.8. The molecular formula is C50H61N6O6S2+. The Morgan fingerprint density at radius 2 is 1.22 bits per heavy atom. The van der Waals surface area contributed by atoms with Gasteiger partial charge in [0, 0.05) is 91.6 Å². The second kappa shape index (κ2) is 22.1. The number of likely N-dealkylation sites (N-methyl/N-ethyl adjacent to an activating group) is 2. The molecule has 1 aliphatic heterocycles.